The Labute approximate surface area is 199 Å². The van der Waals surface area contributed by atoms with Crippen molar-refractivity contribution < 1.29 is 29.0 Å². The number of benzene rings is 2. The second kappa shape index (κ2) is 9.49. The molecule has 7 nitrogen and oxygen atoms in total. The molecule has 0 unspecified atom stereocenters. The minimum absolute atomic E-state index is 0.00174. The lowest BCUT2D eigenvalue weighted by atomic mass is 9.98. The maximum Gasteiger partial charge on any atom is 0.411 e. The normalized spacial score (nSPS) is 19.4. The third kappa shape index (κ3) is 5.08. The van der Waals surface area contributed by atoms with E-state index in [9.17, 15) is 19.5 Å². The van der Waals surface area contributed by atoms with Crippen LogP contribution in [0.1, 0.15) is 57.1 Å². The van der Waals surface area contributed by atoms with Crippen LogP contribution in [0.25, 0.3) is 11.1 Å². The molecule has 2 aliphatic rings. The van der Waals surface area contributed by atoms with Gasteiger partial charge >= 0.3 is 18.0 Å². The number of hydrogen-bond acceptors (Lipinski definition) is 5. The lowest BCUT2D eigenvalue weighted by Crippen LogP contribution is -2.43. The van der Waals surface area contributed by atoms with E-state index in [4.69, 9.17) is 9.47 Å². The van der Waals surface area contributed by atoms with E-state index < -0.39 is 23.7 Å². The smallest absolute Gasteiger partial charge is 0.411 e. The average Bonchev–Trinajstić information content (AvgIpc) is 3.35. The van der Waals surface area contributed by atoms with Crippen molar-refractivity contribution in [3.05, 3.63) is 59.7 Å². The van der Waals surface area contributed by atoms with Crippen molar-refractivity contribution >= 4 is 18.0 Å². The molecule has 180 valence electrons. The number of carbonyl (C=O) groups excluding carboxylic acids is 2. The number of fused-ring (bicyclic) bond motifs is 3. The first kappa shape index (κ1) is 23.8. The van der Waals surface area contributed by atoms with E-state index in [0.717, 1.165) is 11.1 Å². The summed E-state index contributed by atoms with van der Waals surface area (Å²) >= 11 is 0. The van der Waals surface area contributed by atoms with Crippen LogP contribution in [-0.4, -0.2) is 52.8 Å². The van der Waals surface area contributed by atoms with Crippen LogP contribution in [-0.2, 0) is 19.1 Å². The number of carbonyl (C=O) groups is 3. The molecule has 1 amide bonds. The number of aliphatic carboxylic acids is 1. The Morgan fingerprint density at radius 1 is 1.00 bits per heavy atom. The first-order chi connectivity index (χ1) is 16.1. The molecule has 4 rings (SSSR count). The van der Waals surface area contributed by atoms with Crippen LogP contribution in [0, 0.1) is 5.92 Å². The quantitative estimate of drug-likeness (QED) is 0.614. The predicted molar refractivity (Wildman–Crippen MR) is 126 cm³/mol. The average molecular weight is 466 g/mol. The van der Waals surface area contributed by atoms with E-state index in [-0.39, 0.29) is 37.4 Å². The molecule has 7 heteroatoms. The summed E-state index contributed by atoms with van der Waals surface area (Å²) in [5, 5.41) is 9.55. The molecule has 0 radical (unpaired) electrons. The van der Waals surface area contributed by atoms with Crippen molar-refractivity contribution in [3.8, 4) is 11.1 Å². The van der Waals surface area contributed by atoms with Crippen LogP contribution in [0.3, 0.4) is 0 Å². The van der Waals surface area contributed by atoms with Crippen LogP contribution in [0.2, 0.25) is 0 Å². The van der Waals surface area contributed by atoms with Crippen molar-refractivity contribution in [2.24, 2.45) is 5.92 Å². The molecule has 2 aromatic rings. The number of hydrogen-bond donors (Lipinski definition) is 1. The second-order valence-corrected chi connectivity index (χ2v) is 10.0. The van der Waals surface area contributed by atoms with E-state index >= 15 is 0 Å². The molecule has 2 atom stereocenters. The molecule has 0 saturated carbocycles. The van der Waals surface area contributed by atoms with Crippen molar-refractivity contribution in [3.63, 3.8) is 0 Å². The molecule has 0 aromatic heterocycles. The molecule has 1 saturated heterocycles. The lowest BCUT2D eigenvalue weighted by Gasteiger charge is -2.26. The summed E-state index contributed by atoms with van der Waals surface area (Å²) in [7, 11) is 0. The van der Waals surface area contributed by atoms with E-state index in [1.165, 1.54) is 16.0 Å². The van der Waals surface area contributed by atoms with Gasteiger partial charge < -0.3 is 14.6 Å². The van der Waals surface area contributed by atoms with Crippen LogP contribution >= 0.6 is 0 Å². The highest BCUT2D eigenvalue weighted by atomic mass is 16.6. The standard InChI is InChI=1S/C27H31NO6/c1-27(2,3)34-26(32)28-15-17(14-23(28)25(30)31)12-13-24(29)33-16-22-20-10-6-4-8-18(20)19-9-5-7-11-21(19)22/h4-11,17,22-23H,12-16H2,1-3H3,(H,30,31)/t17-,23+/m1/s1. The number of carboxylic acids is 1. The molecule has 34 heavy (non-hydrogen) atoms. The Bertz CT molecular complexity index is 1040. The van der Waals surface area contributed by atoms with Gasteiger partial charge in [-0.25, -0.2) is 9.59 Å². The van der Waals surface area contributed by atoms with Crippen molar-refractivity contribution in [1.29, 1.82) is 0 Å². The van der Waals surface area contributed by atoms with Crippen molar-refractivity contribution in [2.75, 3.05) is 13.2 Å². The number of ether oxygens (including phenoxy) is 2. The summed E-state index contributed by atoms with van der Waals surface area (Å²) in [5.41, 5.74) is 3.95. The number of likely N-dealkylation sites (tertiary alicyclic amines) is 1. The summed E-state index contributed by atoms with van der Waals surface area (Å²) < 4.78 is 11.0. The van der Waals surface area contributed by atoms with E-state index in [0.29, 0.717) is 12.8 Å². The highest BCUT2D eigenvalue weighted by Gasteiger charge is 2.41. The summed E-state index contributed by atoms with van der Waals surface area (Å²) in [6.45, 7) is 5.74. The topological polar surface area (TPSA) is 93.1 Å². The second-order valence-electron chi connectivity index (χ2n) is 10.0. The highest BCUT2D eigenvalue weighted by molar-refractivity contribution is 5.81. The van der Waals surface area contributed by atoms with E-state index in [2.05, 4.69) is 24.3 Å². The van der Waals surface area contributed by atoms with Crippen LogP contribution in [0.4, 0.5) is 4.79 Å². The zero-order chi connectivity index (χ0) is 24.5. The van der Waals surface area contributed by atoms with Gasteiger partial charge in [0.25, 0.3) is 0 Å². The summed E-state index contributed by atoms with van der Waals surface area (Å²) in [6, 6.07) is 15.4. The minimum atomic E-state index is -1.06. The highest BCUT2D eigenvalue weighted by Crippen LogP contribution is 2.44. The van der Waals surface area contributed by atoms with Gasteiger partial charge in [-0.3, -0.25) is 9.69 Å². The Morgan fingerprint density at radius 2 is 1.59 bits per heavy atom. The molecule has 1 heterocycles. The molecule has 1 fully saturated rings. The molecule has 0 spiro atoms. The summed E-state index contributed by atoms with van der Waals surface area (Å²) in [4.78, 5) is 37.9. The molecule has 0 bridgehead atoms. The fourth-order valence-electron chi connectivity index (χ4n) is 4.90. The van der Waals surface area contributed by atoms with Gasteiger partial charge in [-0.2, -0.15) is 0 Å². The van der Waals surface area contributed by atoms with Gasteiger partial charge in [-0.05, 0) is 61.8 Å². The van der Waals surface area contributed by atoms with Gasteiger partial charge in [0, 0.05) is 18.9 Å². The number of esters is 1. The van der Waals surface area contributed by atoms with Crippen LogP contribution in [0.15, 0.2) is 48.5 Å². The Hall–Kier alpha value is -3.35. The molecule has 1 N–H and O–H groups in total. The number of amides is 1. The number of carboxylic acid groups (broad SMARTS) is 1. The van der Waals surface area contributed by atoms with Gasteiger partial charge in [0.2, 0.25) is 0 Å². The predicted octanol–water partition coefficient (Wildman–Crippen LogP) is 4.83. The van der Waals surface area contributed by atoms with E-state index in [1.807, 2.05) is 24.3 Å². The van der Waals surface area contributed by atoms with Crippen molar-refractivity contribution in [1.82, 2.24) is 4.90 Å². The van der Waals surface area contributed by atoms with Crippen LogP contribution in [0.5, 0.6) is 0 Å². The first-order valence-electron chi connectivity index (χ1n) is 11.7. The van der Waals surface area contributed by atoms with Crippen LogP contribution < -0.4 is 0 Å². The fourth-order valence-corrected chi connectivity index (χ4v) is 4.90. The first-order valence-corrected chi connectivity index (χ1v) is 11.7. The third-order valence-corrected chi connectivity index (χ3v) is 6.43. The van der Waals surface area contributed by atoms with Gasteiger partial charge in [-0.15, -0.1) is 0 Å². The summed E-state index contributed by atoms with van der Waals surface area (Å²) in [5.74, 6) is -1.48. The molecular weight excluding hydrogens is 434 g/mol. The zero-order valence-corrected chi connectivity index (χ0v) is 19.8. The number of rotatable bonds is 6. The maximum absolute atomic E-state index is 12.6. The Kier molecular flexibility index (Phi) is 6.64. The van der Waals surface area contributed by atoms with Crippen molar-refractivity contribution in [2.45, 2.75) is 57.6 Å². The lowest BCUT2D eigenvalue weighted by molar-refractivity contribution is -0.144. The van der Waals surface area contributed by atoms with Gasteiger partial charge in [0.1, 0.15) is 18.2 Å². The molecular formula is C27H31NO6. The largest absolute Gasteiger partial charge is 0.480 e. The van der Waals surface area contributed by atoms with Gasteiger partial charge in [-0.1, -0.05) is 48.5 Å². The molecule has 1 aliphatic carbocycles. The van der Waals surface area contributed by atoms with E-state index in [1.54, 1.807) is 20.8 Å². The monoisotopic (exact) mass is 465 g/mol. The fraction of sp³-hybridized carbons (Fsp3) is 0.444. The molecule has 2 aromatic carbocycles. The zero-order valence-electron chi connectivity index (χ0n) is 19.8. The summed E-state index contributed by atoms with van der Waals surface area (Å²) in [6.07, 6.45) is 0.295. The maximum atomic E-state index is 12.6. The van der Waals surface area contributed by atoms with Gasteiger partial charge in [0.05, 0.1) is 0 Å². The minimum Gasteiger partial charge on any atom is -0.480 e. The SMILES string of the molecule is CC(C)(C)OC(=O)N1C[C@H](CCC(=O)OCC2c3ccccc3-c3ccccc32)C[C@H]1C(=O)O. The Morgan fingerprint density at radius 3 is 2.15 bits per heavy atom. The third-order valence-electron chi connectivity index (χ3n) is 6.43. The number of nitrogens with zero attached hydrogens (tertiary/aromatic N) is 1. The molecule has 1 aliphatic heterocycles. The van der Waals surface area contributed by atoms with Gasteiger partial charge in [0.15, 0.2) is 0 Å². The Balaban J connectivity index is 1.32.